The summed E-state index contributed by atoms with van der Waals surface area (Å²) in [5, 5.41) is 0. The Morgan fingerprint density at radius 3 is 2.61 bits per heavy atom. The summed E-state index contributed by atoms with van der Waals surface area (Å²) in [6.07, 6.45) is 3.91. The van der Waals surface area contributed by atoms with Gasteiger partial charge in [0.1, 0.15) is 12.4 Å². The van der Waals surface area contributed by atoms with Crippen LogP contribution in [0.25, 0.3) is 0 Å². The van der Waals surface area contributed by atoms with Crippen molar-refractivity contribution in [3.8, 4) is 5.75 Å². The molecule has 4 heteroatoms. The van der Waals surface area contributed by atoms with Gasteiger partial charge in [-0.15, -0.1) is 0 Å². The minimum Gasteiger partial charge on any atom is -0.491 e. The zero-order chi connectivity index (χ0) is 12.8. The first-order valence-corrected chi connectivity index (χ1v) is 7.42. The summed E-state index contributed by atoms with van der Waals surface area (Å²) >= 11 is 3.49. The van der Waals surface area contributed by atoms with Crippen LogP contribution >= 0.6 is 15.9 Å². The van der Waals surface area contributed by atoms with Gasteiger partial charge in [-0.3, -0.25) is 4.90 Å². The fourth-order valence-corrected chi connectivity index (χ4v) is 2.75. The molecule has 0 spiro atoms. The summed E-state index contributed by atoms with van der Waals surface area (Å²) in [6.45, 7) is 3.63. The van der Waals surface area contributed by atoms with Crippen LogP contribution in [-0.4, -0.2) is 37.2 Å². The quantitative estimate of drug-likeness (QED) is 0.908. The Morgan fingerprint density at radius 1 is 1.22 bits per heavy atom. The maximum atomic E-state index is 5.87. The van der Waals surface area contributed by atoms with Gasteiger partial charge in [0.15, 0.2) is 0 Å². The van der Waals surface area contributed by atoms with Crippen molar-refractivity contribution < 1.29 is 4.74 Å². The monoisotopic (exact) mass is 312 g/mol. The number of piperidine rings is 1. The Morgan fingerprint density at radius 2 is 1.94 bits per heavy atom. The Bertz CT molecular complexity index is 367. The van der Waals surface area contributed by atoms with Gasteiger partial charge in [-0.05, 0) is 54.0 Å². The molecule has 1 saturated heterocycles. The lowest BCUT2D eigenvalue weighted by atomic mass is 10.1. The van der Waals surface area contributed by atoms with Crippen LogP contribution in [0.1, 0.15) is 19.3 Å². The van der Waals surface area contributed by atoms with Crippen LogP contribution < -0.4 is 10.5 Å². The molecule has 1 fully saturated rings. The second-order valence-electron chi connectivity index (χ2n) is 4.73. The van der Waals surface area contributed by atoms with Gasteiger partial charge in [-0.25, -0.2) is 0 Å². The summed E-state index contributed by atoms with van der Waals surface area (Å²) < 4.78 is 6.87. The zero-order valence-electron chi connectivity index (χ0n) is 10.6. The van der Waals surface area contributed by atoms with E-state index in [0.717, 1.165) is 23.3 Å². The Balaban J connectivity index is 1.88. The lowest BCUT2D eigenvalue weighted by Gasteiger charge is -2.33. The molecule has 0 amide bonds. The highest BCUT2D eigenvalue weighted by atomic mass is 79.9. The summed E-state index contributed by atoms with van der Waals surface area (Å²) in [4.78, 5) is 2.46. The van der Waals surface area contributed by atoms with Crippen molar-refractivity contribution in [2.24, 2.45) is 5.73 Å². The van der Waals surface area contributed by atoms with Crippen LogP contribution in [0.4, 0.5) is 0 Å². The average molecular weight is 313 g/mol. The van der Waals surface area contributed by atoms with Gasteiger partial charge in [-0.2, -0.15) is 0 Å². The largest absolute Gasteiger partial charge is 0.491 e. The van der Waals surface area contributed by atoms with Crippen molar-refractivity contribution in [2.45, 2.75) is 25.3 Å². The zero-order valence-corrected chi connectivity index (χ0v) is 12.2. The lowest BCUT2D eigenvalue weighted by Crippen LogP contribution is -2.46. The molecule has 0 radical (unpaired) electrons. The molecule has 1 aliphatic heterocycles. The number of benzene rings is 1. The first-order chi connectivity index (χ1) is 8.81. The van der Waals surface area contributed by atoms with Crippen LogP contribution in [0.5, 0.6) is 5.75 Å². The third-order valence-electron chi connectivity index (χ3n) is 3.45. The molecule has 1 atom stereocenters. The number of ether oxygens (including phenoxy) is 1. The summed E-state index contributed by atoms with van der Waals surface area (Å²) in [5.41, 5.74) is 5.87. The second-order valence-corrected chi connectivity index (χ2v) is 5.58. The molecule has 1 aliphatic rings. The fourth-order valence-electron chi connectivity index (χ4n) is 2.35. The Hall–Kier alpha value is -0.580. The van der Waals surface area contributed by atoms with Crippen molar-refractivity contribution in [1.29, 1.82) is 0 Å². The average Bonchev–Trinajstić information content (AvgIpc) is 2.42. The van der Waals surface area contributed by atoms with Crippen LogP contribution in [-0.2, 0) is 0 Å². The molecule has 100 valence electrons. The van der Waals surface area contributed by atoms with E-state index in [1.807, 2.05) is 24.3 Å². The second kappa shape index (κ2) is 7.12. The van der Waals surface area contributed by atoms with E-state index in [-0.39, 0.29) is 0 Å². The van der Waals surface area contributed by atoms with Crippen molar-refractivity contribution in [3.63, 3.8) is 0 Å². The molecular formula is C14H21BrN2O. The van der Waals surface area contributed by atoms with Gasteiger partial charge in [0, 0.05) is 6.54 Å². The molecular weight excluding hydrogens is 292 g/mol. The minimum atomic E-state index is 0.331. The van der Waals surface area contributed by atoms with Gasteiger partial charge in [-0.1, -0.05) is 18.6 Å². The third kappa shape index (κ3) is 3.70. The molecule has 3 nitrogen and oxygen atoms in total. The third-order valence-corrected chi connectivity index (χ3v) is 4.10. The molecule has 1 unspecified atom stereocenters. The summed E-state index contributed by atoms with van der Waals surface area (Å²) in [5.74, 6) is 0.896. The van der Waals surface area contributed by atoms with Crippen molar-refractivity contribution in [2.75, 3.05) is 26.2 Å². The highest BCUT2D eigenvalue weighted by Crippen LogP contribution is 2.24. The SMILES string of the molecule is NCC(COc1ccccc1Br)N1CCCCC1. The van der Waals surface area contributed by atoms with E-state index in [4.69, 9.17) is 10.5 Å². The summed E-state index contributed by atoms with van der Waals surface area (Å²) in [7, 11) is 0. The molecule has 0 saturated carbocycles. The number of nitrogens with two attached hydrogens (primary N) is 1. The van der Waals surface area contributed by atoms with E-state index >= 15 is 0 Å². The fraction of sp³-hybridized carbons (Fsp3) is 0.571. The molecule has 1 heterocycles. The van der Waals surface area contributed by atoms with Gasteiger partial charge in [0.25, 0.3) is 0 Å². The topological polar surface area (TPSA) is 38.5 Å². The van der Waals surface area contributed by atoms with Crippen LogP contribution in [0.2, 0.25) is 0 Å². The number of hydrogen-bond acceptors (Lipinski definition) is 3. The number of hydrogen-bond donors (Lipinski definition) is 1. The van der Waals surface area contributed by atoms with Crippen LogP contribution in [0.15, 0.2) is 28.7 Å². The highest BCUT2D eigenvalue weighted by Gasteiger charge is 2.20. The first kappa shape index (κ1) is 13.8. The molecule has 2 rings (SSSR count). The Labute approximate surface area is 117 Å². The van der Waals surface area contributed by atoms with E-state index in [2.05, 4.69) is 20.8 Å². The molecule has 0 bridgehead atoms. The standard InChI is InChI=1S/C14H21BrN2O/c15-13-6-2-3-7-14(13)18-11-12(10-16)17-8-4-1-5-9-17/h2-3,6-7,12H,1,4-5,8-11,16H2. The number of rotatable bonds is 5. The molecule has 1 aromatic carbocycles. The molecule has 0 aromatic heterocycles. The van der Waals surface area contributed by atoms with Crippen molar-refractivity contribution in [1.82, 2.24) is 4.90 Å². The molecule has 1 aromatic rings. The van der Waals surface area contributed by atoms with Crippen LogP contribution in [0, 0.1) is 0 Å². The van der Waals surface area contributed by atoms with E-state index in [9.17, 15) is 0 Å². The number of halogens is 1. The molecule has 0 aliphatic carbocycles. The van der Waals surface area contributed by atoms with Gasteiger partial charge in [0.05, 0.1) is 10.5 Å². The number of nitrogens with zero attached hydrogens (tertiary/aromatic N) is 1. The van der Waals surface area contributed by atoms with Gasteiger partial charge < -0.3 is 10.5 Å². The maximum Gasteiger partial charge on any atom is 0.133 e. The summed E-state index contributed by atoms with van der Waals surface area (Å²) in [6, 6.07) is 8.28. The van der Waals surface area contributed by atoms with E-state index < -0.39 is 0 Å². The normalized spacial score (nSPS) is 18.6. The molecule has 18 heavy (non-hydrogen) atoms. The molecule has 2 N–H and O–H groups in total. The Kier molecular flexibility index (Phi) is 5.47. The first-order valence-electron chi connectivity index (χ1n) is 6.62. The minimum absolute atomic E-state index is 0.331. The van der Waals surface area contributed by atoms with Gasteiger partial charge in [0.2, 0.25) is 0 Å². The van der Waals surface area contributed by atoms with Crippen molar-refractivity contribution >= 4 is 15.9 Å². The predicted molar refractivity (Wildman–Crippen MR) is 77.9 cm³/mol. The van der Waals surface area contributed by atoms with E-state index in [1.54, 1.807) is 0 Å². The highest BCUT2D eigenvalue weighted by molar-refractivity contribution is 9.10. The number of likely N-dealkylation sites (tertiary alicyclic amines) is 1. The number of para-hydroxylation sites is 1. The van der Waals surface area contributed by atoms with E-state index in [1.165, 1.54) is 19.3 Å². The van der Waals surface area contributed by atoms with Gasteiger partial charge >= 0.3 is 0 Å². The maximum absolute atomic E-state index is 5.87. The lowest BCUT2D eigenvalue weighted by molar-refractivity contribution is 0.118. The van der Waals surface area contributed by atoms with Crippen molar-refractivity contribution in [3.05, 3.63) is 28.7 Å². The van der Waals surface area contributed by atoms with E-state index in [0.29, 0.717) is 19.2 Å². The van der Waals surface area contributed by atoms with Crippen LogP contribution in [0.3, 0.4) is 0 Å². The smallest absolute Gasteiger partial charge is 0.133 e. The predicted octanol–water partition coefficient (Wildman–Crippen LogP) is 2.64.